The molecule has 1 aromatic carbocycles. The lowest BCUT2D eigenvalue weighted by atomic mass is 9.52. The third-order valence-electron chi connectivity index (χ3n) is 8.34. The van der Waals surface area contributed by atoms with Gasteiger partial charge in [0.25, 0.3) is 0 Å². The van der Waals surface area contributed by atoms with Gasteiger partial charge in [0.15, 0.2) is 34.7 Å². The highest BCUT2D eigenvalue weighted by molar-refractivity contribution is 6.32. The average molecular weight is 538 g/mol. The number of carbonyl (C=O) groups excluding carboxylic acids is 5. The summed E-state index contributed by atoms with van der Waals surface area (Å²) in [6.45, 7) is 0.555. The van der Waals surface area contributed by atoms with E-state index in [0.29, 0.717) is 29.2 Å². The van der Waals surface area contributed by atoms with Crippen molar-refractivity contribution in [3.05, 3.63) is 41.2 Å². The molecule has 4 N–H and O–H groups in total. The number of carbonyl (C=O) groups is 5. The molecule has 11 nitrogen and oxygen atoms in total. The minimum absolute atomic E-state index is 0.0109. The van der Waals surface area contributed by atoms with E-state index in [0.717, 1.165) is 0 Å². The third kappa shape index (κ3) is 3.87. The van der Waals surface area contributed by atoms with E-state index in [1.54, 1.807) is 26.2 Å². The zero-order valence-electron chi connectivity index (χ0n) is 22.1. The number of likely N-dealkylation sites (N-methyl/N-ethyl adjacent to an activating group) is 1. The number of benzene rings is 1. The molecule has 0 saturated heterocycles. The lowest BCUT2D eigenvalue weighted by Crippen LogP contribution is -2.74. The van der Waals surface area contributed by atoms with Crippen molar-refractivity contribution in [2.75, 3.05) is 28.2 Å². The molecule has 1 amide bonds. The van der Waals surface area contributed by atoms with Gasteiger partial charge in [-0.25, -0.2) is 0 Å². The molecule has 39 heavy (non-hydrogen) atoms. The van der Waals surface area contributed by atoms with Gasteiger partial charge in [-0.05, 0) is 76.8 Å². The Bertz CT molecular complexity index is 1430. The van der Waals surface area contributed by atoms with Gasteiger partial charge in [-0.15, -0.1) is 0 Å². The molecule has 3 aliphatic rings. The van der Waals surface area contributed by atoms with Crippen LogP contribution in [0.15, 0.2) is 28.7 Å². The van der Waals surface area contributed by atoms with E-state index in [1.807, 2.05) is 25.1 Å². The van der Waals surface area contributed by atoms with Crippen LogP contribution in [0.25, 0.3) is 11.3 Å². The molecule has 0 spiro atoms. The Morgan fingerprint density at radius 2 is 1.77 bits per heavy atom. The summed E-state index contributed by atoms with van der Waals surface area (Å²) >= 11 is 0. The van der Waals surface area contributed by atoms with E-state index in [1.165, 1.54) is 11.0 Å². The van der Waals surface area contributed by atoms with Gasteiger partial charge in [0, 0.05) is 11.5 Å². The van der Waals surface area contributed by atoms with Crippen molar-refractivity contribution < 1.29 is 38.6 Å². The topological polar surface area (TPSA) is 171 Å². The number of nitrogens with zero attached hydrogens (tertiary/aromatic N) is 2. The number of hydrogen-bond donors (Lipinski definition) is 3. The van der Waals surface area contributed by atoms with Crippen molar-refractivity contribution in [1.29, 1.82) is 0 Å². The van der Waals surface area contributed by atoms with Crippen molar-refractivity contribution in [2.45, 2.75) is 31.0 Å². The van der Waals surface area contributed by atoms with E-state index < -0.39 is 64.4 Å². The number of phenols is 1. The highest BCUT2D eigenvalue weighted by Crippen LogP contribution is 2.51. The molecule has 1 heterocycles. The van der Waals surface area contributed by atoms with E-state index in [9.17, 15) is 34.2 Å². The van der Waals surface area contributed by atoms with Crippen molar-refractivity contribution in [3.63, 3.8) is 0 Å². The first-order chi connectivity index (χ1) is 18.3. The van der Waals surface area contributed by atoms with Crippen molar-refractivity contribution >= 4 is 29.0 Å². The maximum absolute atomic E-state index is 13.9. The molecule has 2 saturated carbocycles. The summed E-state index contributed by atoms with van der Waals surface area (Å²) in [5.41, 5.74) is 3.62. The molecule has 0 radical (unpaired) electrons. The first-order valence-electron chi connectivity index (χ1n) is 12.7. The molecule has 3 unspecified atom stereocenters. The number of aliphatic hydroxyl groups is 1. The molecule has 1 aromatic heterocycles. The van der Waals surface area contributed by atoms with Gasteiger partial charge >= 0.3 is 0 Å². The zero-order chi connectivity index (χ0) is 28.5. The van der Waals surface area contributed by atoms with E-state index in [4.69, 9.17) is 10.2 Å². The van der Waals surface area contributed by atoms with Crippen molar-refractivity contribution in [1.82, 2.24) is 9.80 Å². The second-order valence-corrected chi connectivity index (χ2v) is 11.3. The molecular formula is C28H31N3O8. The first kappa shape index (κ1) is 26.9. The van der Waals surface area contributed by atoms with E-state index in [2.05, 4.69) is 0 Å². The van der Waals surface area contributed by atoms with Gasteiger partial charge in [0.2, 0.25) is 5.91 Å². The van der Waals surface area contributed by atoms with Gasteiger partial charge in [-0.2, -0.15) is 0 Å². The number of nitrogens with two attached hydrogens (primary N) is 1. The van der Waals surface area contributed by atoms with Crippen LogP contribution in [0.4, 0.5) is 0 Å². The molecule has 0 bridgehead atoms. The predicted octanol–water partition coefficient (Wildman–Crippen LogP) is 0.189. The normalized spacial score (nSPS) is 30.4. The standard InChI is InChI=1S/C28H31N3O8/c1-30(2)11-13-5-8-18(39-13)14-6-7-17(32)20-15(14)9-12-10-16-22(31(3)4)24(34)21(27(29)37)26(36)28(16,38)25(35)19(12)23(20)33/h5-8,12,16,19,21-22,32,38H,9-11H2,1-4H3,(H2,29,37)/t12-,16-,19?,21?,22?,28-/m0/s1. The van der Waals surface area contributed by atoms with Crippen LogP contribution in [0.3, 0.4) is 0 Å². The van der Waals surface area contributed by atoms with Gasteiger partial charge < -0.3 is 25.3 Å². The summed E-state index contributed by atoms with van der Waals surface area (Å²) in [6.07, 6.45) is 0.155. The maximum atomic E-state index is 13.9. The second kappa shape index (κ2) is 9.22. The summed E-state index contributed by atoms with van der Waals surface area (Å²) in [5.74, 6) is -9.51. The Kier molecular flexibility index (Phi) is 6.36. The molecule has 0 aliphatic heterocycles. The second-order valence-electron chi connectivity index (χ2n) is 11.3. The molecule has 2 aromatic rings. The highest BCUT2D eigenvalue weighted by Gasteiger charge is 2.69. The summed E-state index contributed by atoms with van der Waals surface area (Å²) in [5, 5.41) is 22.3. The minimum Gasteiger partial charge on any atom is -0.507 e. The number of Topliss-reactive ketones (excluding diaryl/α,β-unsaturated/α-hetero) is 4. The SMILES string of the molecule is CN(C)Cc1ccc(-c2ccc(O)c3c2C[C@H]2C[C@H]4C(N(C)C)C(=O)C(C(N)=O)C(=O)[C@@]4(O)C(=O)C2C3=O)o1. The highest BCUT2D eigenvalue weighted by atomic mass is 16.3. The lowest BCUT2D eigenvalue weighted by molar-refractivity contribution is -0.181. The molecule has 5 rings (SSSR count). The first-order valence-corrected chi connectivity index (χ1v) is 12.7. The van der Waals surface area contributed by atoms with Crippen LogP contribution in [0.2, 0.25) is 0 Å². The average Bonchev–Trinajstić information content (AvgIpc) is 3.28. The van der Waals surface area contributed by atoms with Gasteiger partial charge in [0.05, 0.1) is 24.1 Å². The fourth-order valence-electron chi connectivity index (χ4n) is 6.75. The molecule has 3 aliphatic carbocycles. The Labute approximate surface area is 224 Å². The van der Waals surface area contributed by atoms with Gasteiger partial charge in [-0.3, -0.25) is 28.9 Å². The third-order valence-corrected chi connectivity index (χ3v) is 8.34. The van der Waals surface area contributed by atoms with Crippen LogP contribution in [0.1, 0.15) is 28.1 Å². The number of rotatable bonds is 5. The van der Waals surface area contributed by atoms with Crippen LogP contribution in [-0.4, -0.2) is 88.9 Å². The van der Waals surface area contributed by atoms with E-state index >= 15 is 0 Å². The Morgan fingerprint density at radius 3 is 2.38 bits per heavy atom. The summed E-state index contributed by atoms with van der Waals surface area (Å²) in [6, 6.07) is 5.45. The molecular weight excluding hydrogens is 506 g/mol. The monoisotopic (exact) mass is 537 g/mol. The number of ketones is 4. The van der Waals surface area contributed by atoms with Gasteiger partial charge in [-0.1, -0.05) is 0 Å². The Hall–Kier alpha value is -3.67. The zero-order valence-corrected chi connectivity index (χ0v) is 22.1. The van der Waals surface area contributed by atoms with Crippen molar-refractivity contribution in [2.24, 2.45) is 29.4 Å². The number of fused-ring (bicyclic) bond motifs is 3. The number of aromatic hydroxyl groups is 1. The van der Waals surface area contributed by atoms with Crippen LogP contribution in [0.5, 0.6) is 5.75 Å². The Morgan fingerprint density at radius 1 is 1.08 bits per heavy atom. The predicted molar refractivity (Wildman–Crippen MR) is 136 cm³/mol. The summed E-state index contributed by atoms with van der Waals surface area (Å²) in [4.78, 5) is 69.7. The van der Waals surface area contributed by atoms with Crippen LogP contribution >= 0.6 is 0 Å². The number of furan rings is 1. The minimum atomic E-state index is -2.74. The fourth-order valence-corrected chi connectivity index (χ4v) is 6.75. The fraction of sp³-hybridized carbons (Fsp3) is 0.464. The van der Waals surface area contributed by atoms with E-state index in [-0.39, 0.29) is 24.2 Å². The summed E-state index contributed by atoms with van der Waals surface area (Å²) < 4.78 is 6.01. The quantitative estimate of drug-likeness (QED) is 0.447. The van der Waals surface area contributed by atoms with Crippen molar-refractivity contribution in [3.8, 4) is 17.1 Å². The molecule has 11 heteroatoms. The Balaban J connectivity index is 1.62. The van der Waals surface area contributed by atoms with Crippen LogP contribution in [0, 0.1) is 23.7 Å². The summed E-state index contributed by atoms with van der Waals surface area (Å²) in [7, 11) is 6.90. The number of hydrogen-bond acceptors (Lipinski definition) is 10. The number of phenolic OH excluding ortho intramolecular Hbond substituents is 1. The lowest BCUT2D eigenvalue weighted by Gasteiger charge is -2.52. The smallest absolute Gasteiger partial charge is 0.235 e. The maximum Gasteiger partial charge on any atom is 0.235 e. The molecule has 206 valence electrons. The van der Waals surface area contributed by atoms with Crippen LogP contribution < -0.4 is 5.73 Å². The molecule has 6 atom stereocenters. The number of amides is 1. The largest absolute Gasteiger partial charge is 0.507 e. The molecule has 2 fully saturated rings. The van der Waals surface area contributed by atoms with Crippen LogP contribution in [-0.2, 0) is 32.1 Å². The number of primary amides is 1. The van der Waals surface area contributed by atoms with Gasteiger partial charge in [0.1, 0.15) is 17.3 Å².